The van der Waals surface area contributed by atoms with Crippen molar-refractivity contribution in [1.29, 1.82) is 0 Å². The molecular formula is C14H13NO3. The quantitative estimate of drug-likeness (QED) is 0.577. The van der Waals surface area contributed by atoms with E-state index in [9.17, 15) is 4.79 Å². The lowest BCUT2D eigenvalue weighted by Gasteiger charge is -2.08. The number of benzene rings is 1. The molecule has 0 N–H and O–H groups in total. The highest BCUT2D eigenvalue weighted by Gasteiger charge is 2.02. The third-order valence-corrected chi connectivity index (χ3v) is 2.26. The number of carbonyl (C=O) groups is 1. The van der Waals surface area contributed by atoms with Crippen molar-refractivity contribution in [1.82, 2.24) is 4.98 Å². The number of hydrogen-bond donors (Lipinski definition) is 0. The molecule has 0 unspecified atom stereocenters. The predicted octanol–water partition coefficient (Wildman–Crippen LogP) is 2.35. The zero-order valence-electron chi connectivity index (χ0n) is 9.78. The van der Waals surface area contributed by atoms with Gasteiger partial charge in [0.2, 0.25) is 5.88 Å². The smallest absolute Gasteiger partial charge is 0.224 e. The summed E-state index contributed by atoms with van der Waals surface area (Å²) >= 11 is 0. The zero-order valence-corrected chi connectivity index (χ0v) is 9.78. The van der Waals surface area contributed by atoms with Crippen LogP contribution in [0.15, 0.2) is 48.7 Å². The fourth-order valence-corrected chi connectivity index (χ4v) is 1.43. The monoisotopic (exact) mass is 243 g/mol. The van der Waals surface area contributed by atoms with Gasteiger partial charge in [0.25, 0.3) is 0 Å². The largest absolute Gasteiger partial charge is 0.490 e. The Bertz CT molecular complexity index is 499. The maximum Gasteiger partial charge on any atom is 0.224 e. The van der Waals surface area contributed by atoms with Crippen LogP contribution in [0.5, 0.6) is 11.6 Å². The summed E-state index contributed by atoms with van der Waals surface area (Å²) < 4.78 is 10.8. The van der Waals surface area contributed by atoms with Gasteiger partial charge in [-0.15, -0.1) is 0 Å². The van der Waals surface area contributed by atoms with Crippen LogP contribution in [0.1, 0.15) is 10.4 Å². The molecule has 0 saturated carbocycles. The first-order valence-electron chi connectivity index (χ1n) is 5.61. The van der Waals surface area contributed by atoms with Crippen LogP contribution in [0.25, 0.3) is 0 Å². The van der Waals surface area contributed by atoms with Gasteiger partial charge in [-0.1, -0.05) is 18.2 Å². The maximum atomic E-state index is 10.7. The summed E-state index contributed by atoms with van der Waals surface area (Å²) in [6.07, 6.45) is 2.31. The molecule has 1 heterocycles. The molecule has 2 rings (SSSR count). The average Bonchev–Trinajstić information content (AvgIpc) is 2.45. The number of aromatic nitrogens is 1. The number of para-hydroxylation sites is 1. The van der Waals surface area contributed by atoms with Gasteiger partial charge in [0.15, 0.2) is 6.29 Å². The number of rotatable bonds is 6. The van der Waals surface area contributed by atoms with Crippen molar-refractivity contribution in [3.63, 3.8) is 0 Å². The average molecular weight is 243 g/mol. The van der Waals surface area contributed by atoms with Crippen LogP contribution in [0.4, 0.5) is 0 Å². The zero-order chi connectivity index (χ0) is 12.6. The standard InChI is InChI=1S/C14H13NO3/c16-11-12-5-4-8-15-14(12)18-10-9-17-13-6-2-1-3-7-13/h1-8,11H,9-10H2. The molecule has 0 bridgehead atoms. The molecule has 2 aromatic rings. The highest BCUT2D eigenvalue weighted by Crippen LogP contribution is 2.12. The third kappa shape index (κ3) is 3.31. The molecule has 4 heteroatoms. The van der Waals surface area contributed by atoms with Crippen LogP contribution in [0.2, 0.25) is 0 Å². The lowest BCUT2D eigenvalue weighted by Crippen LogP contribution is -2.10. The molecule has 18 heavy (non-hydrogen) atoms. The predicted molar refractivity (Wildman–Crippen MR) is 67.1 cm³/mol. The van der Waals surface area contributed by atoms with E-state index in [1.165, 1.54) is 0 Å². The summed E-state index contributed by atoms with van der Waals surface area (Å²) in [5, 5.41) is 0. The minimum atomic E-state index is 0.337. The highest BCUT2D eigenvalue weighted by atomic mass is 16.5. The number of carbonyl (C=O) groups excluding carboxylic acids is 1. The van der Waals surface area contributed by atoms with Gasteiger partial charge in [-0.25, -0.2) is 4.98 Å². The summed E-state index contributed by atoms with van der Waals surface area (Å²) in [6, 6.07) is 12.8. The molecular weight excluding hydrogens is 230 g/mol. The Morgan fingerprint density at radius 3 is 2.56 bits per heavy atom. The number of pyridine rings is 1. The fraction of sp³-hybridized carbons (Fsp3) is 0.143. The summed E-state index contributed by atoms with van der Waals surface area (Å²) in [5.41, 5.74) is 0.442. The molecule has 0 amide bonds. The molecule has 0 aliphatic carbocycles. The van der Waals surface area contributed by atoms with Crippen LogP contribution in [0.3, 0.4) is 0 Å². The van der Waals surface area contributed by atoms with E-state index < -0.39 is 0 Å². The van der Waals surface area contributed by atoms with Gasteiger partial charge >= 0.3 is 0 Å². The molecule has 92 valence electrons. The summed E-state index contributed by atoms with van der Waals surface area (Å²) in [4.78, 5) is 14.7. The number of aldehydes is 1. The molecule has 0 radical (unpaired) electrons. The normalized spacial score (nSPS) is 9.78. The van der Waals surface area contributed by atoms with Crippen molar-refractivity contribution < 1.29 is 14.3 Å². The van der Waals surface area contributed by atoms with E-state index in [1.807, 2.05) is 30.3 Å². The van der Waals surface area contributed by atoms with E-state index in [0.29, 0.717) is 24.7 Å². The lowest BCUT2D eigenvalue weighted by molar-refractivity contribution is 0.111. The Morgan fingerprint density at radius 1 is 1.00 bits per heavy atom. The minimum absolute atomic E-state index is 0.337. The summed E-state index contributed by atoms with van der Waals surface area (Å²) in [7, 11) is 0. The van der Waals surface area contributed by atoms with E-state index >= 15 is 0 Å². The first kappa shape index (κ1) is 12.1. The minimum Gasteiger partial charge on any atom is -0.490 e. The second-order valence-corrected chi connectivity index (χ2v) is 3.53. The Balaban J connectivity index is 1.80. The van der Waals surface area contributed by atoms with Crippen molar-refractivity contribution in [2.45, 2.75) is 0 Å². The van der Waals surface area contributed by atoms with Gasteiger partial charge in [-0.3, -0.25) is 4.79 Å². The van der Waals surface area contributed by atoms with Crippen molar-refractivity contribution in [2.75, 3.05) is 13.2 Å². The Labute approximate surface area is 105 Å². The molecule has 0 spiro atoms. The van der Waals surface area contributed by atoms with E-state index in [4.69, 9.17) is 9.47 Å². The summed E-state index contributed by atoms with van der Waals surface area (Å²) in [6.45, 7) is 0.742. The van der Waals surface area contributed by atoms with Crippen LogP contribution in [-0.2, 0) is 0 Å². The van der Waals surface area contributed by atoms with Gasteiger partial charge < -0.3 is 9.47 Å². The SMILES string of the molecule is O=Cc1cccnc1OCCOc1ccccc1. The van der Waals surface area contributed by atoms with Gasteiger partial charge in [-0.05, 0) is 24.3 Å². The molecule has 0 aliphatic rings. The van der Waals surface area contributed by atoms with Crippen LogP contribution < -0.4 is 9.47 Å². The molecule has 0 atom stereocenters. The number of nitrogens with zero attached hydrogens (tertiary/aromatic N) is 1. The van der Waals surface area contributed by atoms with E-state index in [1.54, 1.807) is 18.3 Å². The third-order valence-electron chi connectivity index (χ3n) is 2.26. The highest BCUT2D eigenvalue weighted by molar-refractivity contribution is 5.77. The van der Waals surface area contributed by atoms with E-state index in [0.717, 1.165) is 12.0 Å². The van der Waals surface area contributed by atoms with E-state index in [2.05, 4.69) is 4.98 Å². The molecule has 1 aromatic heterocycles. The van der Waals surface area contributed by atoms with Gasteiger partial charge in [-0.2, -0.15) is 0 Å². The Morgan fingerprint density at radius 2 is 1.78 bits per heavy atom. The first-order valence-corrected chi connectivity index (χ1v) is 5.61. The topological polar surface area (TPSA) is 48.4 Å². The maximum absolute atomic E-state index is 10.7. The number of ether oxygens (including phenoxy) is 2. The van der Waals surface area contributed by atoms with Crippen molar-refractivity contribution >= 4 is 6.29 Å². The fourth-order valence-electron chi connectivity index (χ4n) is 1.43. The molecule has 0 aliphatic heterocycles. The molecule has 1 aromatic carbocycles. The Hall–Kier alpha value is -2.36. The van der Waals surface area contributed by atoms with Crippen molar-refractivity contribution in [2.24, 2.45) is 0 Å². The second kappa shape index (κ2) is 6.39. The molecule has 0 fully saturated rings. The van der Waals surface area contributed by atoms with E-state index in [-0.39, 0.29) is 0 Å². The summed E-state index contributed by atoms with van der Waals surface area (Å²) in [5.74, 6) is 1.13. The molecule has 0 saturated heterocycles. The number of hydrogen-bond acceptors (Lipinski definition) is 4. The Kier molecular flexibility index (Phi) is 4.30. The van der Waals surface area contributed by atoms with Crippen LogP contribution in [0, 0.1) is 0 Å². The van der Waals surface area contributed by atoms with Crippen LogP contribution in [-0.4, -0.2) is 24.5 Å². The van der Waals surface area contributed by atoms with Crippen molar-refractivity contribution in [3.05, 3.63) is 54.2 Å². The molecule has 4 nitrogen and oxygen atoms in total. The van der Waals surface area contributed by atoms with Gasteiger partial charge in [0.05, 0.1) is 5.56 Å². The van der Waals surface area contributed by atoms with Crippen LogP contribution >= 0.6 is 0 Å². The second-order valence-electron chi connectivity index (χ2n) is 3.53. The lowest BCUT2D eigenvalue weighted by atomic mass is 10.3. The van der Waals surface area contributed by atoms with Gasteiger partial charge in [0.1, 0.15) is 19.0 Å². The first-order chi connectivity index (χ1) is 8.90. The van der Waals surface area contributed by atoms with Gasteiger partial charge in [0, 0.05) is 6.20 Å². The van der Waals surface area contributed by atoms with Crippen molar-refractivity contribution in [3.8, 4) is 11.6 Å².